The summed E-state index contributed by atoms with van der Waals surface area (Å²) in [4.78, 5) is 4.38. The van der Waals surface area contributed by atoms with E-state index >= 15 is 0 Å². The molecule has 3 rings (SSSR count). The maximum atomic E-state index is 13.4. The van der Waals surface area contributed by atoms with Gasteiger partial charge in [0, 0.05) is 24.4 Å². The third-order valence-corrected chi connectivity index (χ3v) is 3.48. The van der Waals surface area contributed by atoms with E-state index in [1.54, 1.807) is 29.8 Å². The summed E-state index contributed by atoms with van der Waals surface area (Å²) in [6.07, 6.45) is 0. The molecule has 0 atom stereocenters. The van der Waals surface area contributed by atoms with Crippen molar-refractivity contribution in [1.29, 1.82) is 0 Å². The molecule has 20 heavy (non-hydrogen) atoms. The maximum Gasteiger partial charge on any atom is 0.160 e. The molecular weight excluding hydrogens is 284 g/mol. The fourth-order valence-electron chi connectivity index (χ4n) is 2.22. The van der Waals surface area contributed by atoms with Crippen LogP contribution < -0.4 is 5.73 Å². The molecule has 0 aliphatic rings. The highest BCUT2D eigenvalue weighted by Crippen LogP contribution is 2.32. The van der Waals surface area contributed by atoms with Crippen molar-refractivity contribution in [3.8, 4) is 11.4 Å². The average molecular weight is 294 g/mol. The zero-order valence-corrected chi connectivity index (χ0v) is 11.2. The fourth-order valence-corrected chi connectivity index (χ4v) is 2.51. The van der Waals surface area contributed by atoms with Crippen LogP contribution in [0.4, 0.5) is 14.5 Å². The summed E-state index contributed by atoms with van der Waals surface area (Å²) in [5.41, 5.74) is 7.60. The predicted octanol–water partition coefficient (Wildman–Crippen LogP) is 3.75. The number of anilines is 1. The van der Waals surface area contributed by atoms with Crippen LogP contribution in [0.15, 0.2) is 30.3 Å². The summed E-state index contributed by atoms with van der Waals surface area (Å²) in [7, 11) is 1.75. The summed E-state index contributed by atoms with van der Waals surface area (Å²) in [6.45, 7) is 0. The molecule has 0 saturated carbocycles. The second kappa shape index (κ2) is 4.45. The van der Waals surface area contributed by atoms with Crippen molar-refractivity contribution in [2.24, 2.45) is 7.05 Å². The van der Waals surface area contributed by atoms with Gasteiger partial charge in [-0.25, -0.2) is 13.8 Å². The first kappa shape index (κ1) is 12.9. The number of aromatic nitrogens is 2. The van der Waals surface area contributed by atoms with Crippen molar-refractivity contribution in [2.75, 3.05) is 5.73 Å². The van der Waals surface area contributed by atoms with Gasteiger partial charge in [0.05, 0.1) is 16.1 Å². The Morgan fingerprint density at radius 1 is 1.20 bits per heavy atom. The van der Waals surface area contributed by atoms with Gasteiger partial charge in [-0.2, -0.15) is 0 Å². The molecule has 2 N–H and O–H groups in total. The van der Waals surface area contributed by atoms with Gasteiger partial charge in [-0.05, 0) is 18.2 Å². The fraction of sp³-hybridized carbons (Fsp3) is 0.0714. The molecule has 2 aromatic carbocycles. The van der Waals surface area contributed by atoms with Crippen molar-refractivity contribution in [2.45, 2.75) is 0 Å². The van der Waals surface area contributed by atoms with E-state index < -0.39 is 11.6 Å². The highest BCUT2D eigenvalue weighted by atomic mass is 35.5. The third-order valence-electron chi connectivity index (χ3n) is 3.18. The lowest BCUT2D eigenvalue weighted by Crippen LogP contribution is -1.99. The van der Waals surface area contributed by atoms with Crippen LogP contribution in [-0.2, 0) is 7.05 Å². The van der Waals surface area contributed by atoms with Crippen LogP contribution in [0.2, 0.25) is 5.02 Å². The van der Waals surface area contributed by atoms with Crippen LogP contribution in [0.3, 0.4) is 0 Å². The molecule has 0 aliphatic heterocycles. The van der Waals surface area contributed by atoms with Crippen LogP contribution in [0.1, 0.15) is 0 Å². The lowest BCUT2D eigenvalue weighted by molar-refractivity contribution is 0.509. The molecule has 0 amide bonds. The van der Waals surface area contributed by atoms with Gasteiger partial charge in [-0.3, -0.25) is 0 Å². The summed E-state index contributed by atoms with van der Waals surface area (Å²) in [5.74, 6) is -1.51. The second-order valence-electron chi connectivity index (χ2n) is 4.46. The monoisotopic (exact) mass is 293 g/mol. The van der Waals surface area contributed by atoms with E-state index in [0.29, 0.717) is 27.4 Å². The van der Waals surface area contributed by atoms with Crippen LogP contribution in [0.5, 0.6) is 0 Å². The minimum absolute atomic E-state index is 0.124. The number of hydrogen-bond acceptors (Lipinski definition) is 2. The number of nitrogen functional groups attached to an aromatic ring is 1. The van der Waals surface area contributed by atoms with E-state index in [2.05, 4.69) is 4.98 Å². The van der Waals surface area contributed by atoms with Crippen molar-refractivity contribution >= 4 is 28.3 Å². The molecule has 6 heteroatoms. The van der Waals surface area contributed by atoms with Crippen molar-refractivity contribution in [1.82, 2.24) is 9.55 Å². The molecule has 0 spiro atoms. The highest BCUT2D eigenvalue weighted by Gasteiger charge is 2.16. The van der Waals surface area contributed by atoms with Gasteiger partial charge in [0.25, 0.3) is 0 Å². The number of benzene rings is 2. The quantitative estimate of drug-likeness (QED) is 0.694. The lowest BCUT2D eigenvalue weighted by Gasteiger charge is -2.07. The van der Waals surface area contributed by atoms with Crippen LogP contribution in [0.25, 0.3) is 22.4 Å². The standard InChI is InChI=1S/C14H10ClF2N3/c1-20-13-8(15)3-2-4-12(13)19-14(20)7-5-9(16)10(17)6-11(7)18/h2-6H,18H2,1H3. The predicted molar refractivity (Wildman–Crippen MR) is 75.5 cm³/mol. The minimum atomic E-state index is -0.983. The first-order valence-electron chi connectivity index (χ1n) is 5.85. The first-order chi connectivity index (χ1) is 9.49. The SMILES string of the molecule is Cn1c(-c2cc(F)c(F)cc2N)nc2cccc(Cl)c21. The van der Waals surface area contributed by atoms with Crippen LogP contribution in [-0.4, -0.2) is 9.55 Å². The molecule has 0 unspecified atom stereocenters. The van der Waals surface area contributed by atoms with Crippen molar-refractivity contribution < 1.29 is 8.78 Å². The first-order valence-corrected chi connectivity index (χ1v) is 6.22. The van der Waals surface area contributed by atoms with Crippen molar-refractivity contribution in [3.05, 3.63) is 47.0 Å². The van der Waals surface area contributed by atoms with Gasteiger partial charge in [0.15, 0.2) is 11.6 Å². The van der Waals surface area contributed by atoms with Crippen LogP contribution in [0, 0.1) is 11.6 Å². The van der Waals surface area contributed by atoms with E-state index in [4.69, 9.17) is 17.3 Å². The molecule has 0 bridgehead atoms. The molecule has 1 aromatic heterocycles. The third kappa shape index (κ3) is 1.82. The van der Waals surface area contributed by atoms with Gasteiger partial charge in [-0.1, -0.05) is 17.7 Å². The number of halogens is 3. The second-order valence-corrected chi connectivity index (χ2v) is 4.86. The Morgan fingerprint density at radius 3 is 2.60 bits per heavy atom. The Balaban J connectivity index is 2.33. The van der Waals surface area contributed by atoms with E-state index in [1.165, 1.54) is 0 Å². The Morgan fingerprint density at radius 2 is 1.90 bits per heavy atom. The minimum Gasteiger partial charge on any atom is -0.398 e. The van der Waals surface area contributed by atoms with Gasteiger partial charge >= 0.3 is 0 Å². The zero-order chi connectivity index (χ0) is 14.4. The van der Waals surface area contributed by atoms with E-state index in [1.807, 2.05) is 0 Å². The molecule has 1 heterocycles. The molecule has 0 radical (unpaired) electrons. The van der Waals surface area contributed by atoms with E-state index in [9.17, 15) is 8.78 Å². The highest BCUT2D eigenvalue weighted by molar-refractivity contribution is 6.35. The number of para-hydroxylation sites is 1. The molecule has 0 saturated heterocycles. The van der Waals surface area contributed by atoms with Crippen molar-refractivity contribution in [3.63, 3.8) is 0 Å². The van der Waals surface area contributed by atoms with Gasteiger partial charge in [-0.15, -0.1) is 0 Å². The van der Waals surface area contributed by atoms with E-state index in [0.717, 1.165) is 12.1 Å². The van der Waals surface area contributed by atoms with Gasteiger partial charge in [0.1, 0.15) is 5.82 Å². The number of hydrogen-bond donors (Lipinski definition) is 1. The summed E-state index contributed by atoms with van der Waals surface area (Å²) < 4.78 is 28.3. The molecule has 3 nitrogen and oxygen atoms in total. The molecule has 102 valence electrons. The zero-order valence-electron chi connectivity index (χ0n) is 10.5. The number of aryl methyl sites for hydroxylation is 1. The van der Waals surface area contributed by atoms with Gasteiger partial charge in [0.2, 0.25) is 0 Å². The Hall–Kier alpha value is -2.14. The largest absolute Gasteiger partial charge is 0.398 e. The van der Waals surface area contributed by atoms with Crippen LogP contribution >= 0.6 is 11.6 Å². The lowest BCUT2D eigenvalue weighted by atomic mass is 10.1. The average Bonchev–Trinajstić information content (AvgIpc) is 2.73. The Kier molecular flexibility index (Phi) is 2.87. The number of imidazole rings is 1. The normalized spacial score (nSPS) is 11.2. The smallest absolute Gasteiger partial charge is 0.160 e. The molecule has 0 aliphatic carbocycles. The number of nitrogens with two attached hydrogens (primary N) is 1. The number of rotatable bonds is 1. The topological polar surface area (TPSA) is 43.8 Å². The Bertz CT molecular complexity index is 827. The van der Waals surface area contributed by atoms with Gasteiger partial charge < -0.3 is 10.3 Å². The number of nitrogens with zero attached hydrogens (tertiary/aromatic N) is 2. The number of fused-ring (bicyclic) bond motifs is 1. The summed E-state index contributed by atoms with van der Waals surface area (Å²) in [6, 6.07) is 7.30. The Labute approximate surface area is 118 Å². The molecule has 0 fully saturated rings. The summed E-state index contributed by atoms with van der Waals surface area (Å²) >= 11 is 6.13. The van der Waals surface area contributed by atoms with E-state index in [-0.39, 0.29) is 5.69 Å². The maximum absolute atomic E-state index is 13.4. The summed E-state index contributed by atoms with van der Waals surface area (Å²) in [5, 5.41) is 0.532. The molecule has 3 aromatic rings. The molecular formula is C14H10ClF2N3.